The molecule has 0 bridgehead atoms. The lowest BCUT2D eigenvalue weighted by molar-refractivity contribution is 0.416. The Morgan fingerprint density at radius 3 is 2.63 bits per heavy atom. The van der Waals surface area contributed by atoms with Crippen molar-refractivity contribution in [1.82, 2.24) is 9.55 Å². The van der Waals surface area contributed by atoms with Crippen molar-refractivity contribution < 1.29 is 4.74 Å². The molecule has 0 fully saturated rings. The predicted molar refractivity (Wildman–Crippen MR) is 78.7 cm³/mol. The summed E-state index contributed by atoms with van der Waals surface area (Å²) in [5.74, 6) is 2.27. The Morgan fingerprint density at radius 2 is 2.11 bits per heavy atom. The number of hydrogen-bond acceptors (Lipinski definition) is 3. The fourth-order valence-corrected chi connectivity index (χ4v) is 2.48. The van der Waals surface area contributed by atoms with Crippen molar-refractivity contribution in [2.75, 3.05) is 12.8 Å². The van der Waals surface area contributed by atoms with Gasteiger partial charge in [-0.15, -0.1) is 0 Å². The van der Waals surface area contributed by atoms with E-state index in [-0.39, 0.29) is 0 Å². The number of nitrogens with two attached hydrogens (primary N) is 1. The van der Waals surface area contributed by atoms with Gasteiger partial charge in [0.1, 0.15) is 23.1 Å². The number of nitrogens with zero attached hydrogens (tertiary/aromatic N) is 2. The maximum absolute atomic E-state index is 6.28. The second-order valence-electron chi connectivity index (χ2n) is 4.18. The first-order valence-corrected chi connectivity index (χ1v) is 6.69. The van der Waals surface area contributed by atoms with E-state index < -0.39 is 0 Å². The highest BCUT2D eigenvalue weighted by Gasteiger charge is 2.19. The van der Waals surface area contributed by atoms with Crippen LogP contribution in [0, 0.1) is 0 Å². The third-order valence-electron chi connectivity index (χ3n) is 3.15. The van der Waals surface area contributed by atoms with Crippen LogP contribution >= 0.6 is 11.6 Å². The van der Waals surface area contributed by atoms with Crippen LogP contribution in [0.1, 0.15) is 19.7 Å². The molecule has 0 aliphatic rings. The summed E-state index contributed by atoms with van der Waals surface area (Å²) in [5.41, 5.74) is 7.65. The molecule has 1 aromatic heterocycles. The highest BCUT2D eigenvalue weighted by molar-refractivity contribution is 6.33. The van der Waals surface area contributed by atoms with Crippen LogP contribution in [0.5, 0.6) is 5.75 Å². The van der Waals surface area contributed by atoms with Crippen LogP contribution in [0.25, 0.3) is 11.3 Å². The van der Waals surface area contributed by atoms with Gasteiger partial charge >= 0.3 is 0 Å². The second-order valence-corrected chi connectivity index (χ2v) is 4.58. The van der Waals surface area contributed by atoms with Gasteiger partial charge in [-0.25, -0.2) is 4.98 Å². The van der Waals surface area contributed by atoms with E-state index in [1.165, 1.54) is 0 Å². The molecule has 102 valence electrons. The molecule has 0 spiro atoms. The number of benzene rings is 1. The molecule has 2 N–H and O–H groups in total. The van der Waals surface area contributed by atoms with E-state index in [1.54, 1.807) is 7.11 Å². The normalized spacial score (nSPS) is 10.7. The third-order valence-corrected chi connectivity index (χ3v) is 3.47. The molecule has 2 rings (SSSR count). The number of hydrogen-bond donors (Lipinski definition) is 1. The van der Waals surface area contributed by atoms with Crippen LogP contribution in [-0.4, -0.2) is 16.7 Å². The van der Waals surface area contributed by atoms with E-state index in [4.69, 9.17) is 22.1 Å². The molecule has 0 saturated carbocycles. The van der Waals surface area contributed by atoms with Gasteiger partial charge in [0.2, 0.25) is 0 Å². The van der Waals surface area contributed by atoms with Crippen molar-refractivity contribution in [1.29, 1.82) is 0 Å². The van der Waals surface area contributed by atoms with Crippen LogP contribution < -0.4 is 10.5 Å². The molecule has 0 radical (unpaired) electrons. The van der Waals surface area contributed by atoms with Gasteiger partial charge < -0.3 is 15.0 Å². The zero-order chi connectivity index (χ0) is 14.0. The lowest BCUT2D eigenvalue weighted by atomic mass is 10.1. The van der Waals surface area contributed by atoms with Crippen molar-refractivity contribution in [2.45, 2.75) is 26.8 Å². The molecule has 2 aromatic rings. The van der Waals surface area contributed by atoms with Crippen molar-refractivity contribution >= 4 is 17.4 Å². The fraction of sp³-hybridized carbons (Fsp3) is 0.357. The van der Waals surface area contributed by atoms with Gasteiger partial charge in [0.05, 0.1) is 17.7 Å². The van der Waals surface area contributed by atoms with Crippen LogP contribution in [0.2, 0.25) is 5.02 Å². The minimum absolute atomic E-state index is 0.592. The zero-order valence-electron chi connectivity index (χ0n) is 11.4. The molecule has 1 heterocycles. The molecule has 0 aliphatic carbocycles. The summed E-state index contributed by atoms with van der Waals surface area (Å²) in [6.07, 6.45) is 0.824. The van der Waals surface area contributed by atoms with E-state index in [9.17, 15) is 0 Å². The maximum atomic E-state index is 6.28. The lowest BCUT2D eigenvalue weighted by Gasteiger charge is -2.09. The van der Waals surface area contributed by atoms with E-state index in [0.29, 0.717) is 22.3 Å². The number of ether oxygens (including phenoxy) is 1. The molecule has 19 heavy (non-hydrogen) atoms. The first-order chi connectivity index (χ1) is 9.13. The van der Waals surface area contributed by atoms with E-state index in [2.05, 4.69) is 11.9 Å². The molecule has 5 heteroatoms. The van der Waals surface area contributed by atoms with Crippen molar-refractivity contribution in [2.24, 2.45) is 0 Å². The first-order valence-electron chi connectivity index (χ1n) is 6.31. The van der Waals surface area contributed by atoms with Gasteiger partial charge in [0.25, 0.3) is 0 Å². The quantitative estimate of drug-likeness (QED) is 0.933. The Kier molecular flexibility index (Phi) is 4.00. The van der Waals surface area contributed by atoms with Gasteiger partial charge in [0, 0.05) is 13.0 Å². The largest absolute Gasteiger partial charge is 0.496 e. The summed E-state index contributed by atoms with van der Waals surface area (Å²) in [4.78, 5) is 4.61. The smallest absolute Gasteiger partial charge is 0.131 e. The Hall–Kier alpha value is -1.68. The van der Waals surface area contributed by atoms with Gasteiger partial charge in [-0.2, -0.15) is 0 Å². The van der Waals surface area contributed by atoms with Gasteiger partial charge in [0.15, 0.2) is 0 Å². The predicted octanol–water partition coefficient (Wildman–Crippen LogP) is 3.38. The molecule has 1 aromatic carbocycles. The molecule has 0 amide bonds. The standard InChI is InChI=1S/C14H18ClN3O/c1-4-11-17-13(14(16)18(11)5-2)12-9(15)7-6-8-10(12)19-3/h6-8H,4-5,16H2,1-3H3. The summed E-state index contributed by atoms with van der Waals surface area (Å²) in [5, 5.41) is 0.592. The fourth-order valence-electron chi connectivity index (χ4n) is 2.22. The highest BCUT2D eigenvalue weighted by Crippen LogP contribution is 2.39. The minimum Gasteiger partial charge on any atom is -0.496 e. The van der Waals surface area contributed by atoms with Crippen molar-refractivity contribution in [3.63, 3.8) is 0 Å². The summed E-state index contributed by atoms with van der Waals surface area (Å²) >= 11 is 6.28. The second kappa shape index (κ2) is 5.53. The molecule has 0 aliphatic heterocycles. The number of halogens is 1. The number of aryl methyl sites for hydroxylation is 1. The minimum atomic E-state index is 0.592. The van der Waals surface area contributed by atoms with Gasteiger partial charge in [-0.3, -0.25) is 0 Å². The first kappa shape index (κ1) is 13.7. The number of methoxy groups -OCH3 is 1. The van der Waals surface area contributed by atoms with Crippen LogP contribution in [0.3, 0.4) is 0 Å². The molecular formula is C14H18ClN3O. The lowest BCUT2D eigenvalue weighted by Crippen LogP contribution is -2.04. The molecule has 0 saturated heterocycles. The van der Waals surface area contributed by atoms with Gasteiger partial charge in [-0.05, 0) is 19.1 Å². The number of anilines is 1. The number of nitrogen functional groups attached to an aromatic ring is 1. The van der Waals surface area contributed by atoms with E-state index in [1.807, 2.05) is 29.7 Å². The SMILES string of the molecule is CCc1nc(-c2c(Cl)cccc2OC)c(N)n1CC. The van der Waals surface area contributed by atoms with E-state index >= 15 is 0 Å². The number of aromatic nitrogens is 2. The monoisotopic (exact) mass is 279 g/mol. The maximum Gasteiger partial charge on any atom is 0.131 e. The Labute approximate surface area is 118 Å². The Bertz CT molecular complexity index is 593. The van der Waals surface area contributed by atoms with Crippen LogP contribution in [0.4, 0.5) is 5.82 Å². The van der Waals surface area contributed by atoms with Crippen molar-refractivity contribution in [3.8, 4) is 17.0 Å². The summed E-state index contributed by atoms with van der Waals surface area (Å²) < 4.78 is 7.36. The number of imidazole rings is 1. The van der Waals surface area contributed by atoms with E-state index in [0.717, 1.165) is 24.4 Å². The van der Waals surface area contributed by atoms with Gasteiger partial charge in [-0.1, -0.05) is 24.6 Å². The Balaban J connectivity index is 2.69. The molecule has 4 nitrogen and oxygen atoms in total. The summed E-state index contributed by atoms with van der Waals surface area (Å²) in [7, 11) is 1.61. The third kappa shape index (κ3) is 2.28. The topological polar surface area (TPSA) is 53.1 Å². The molecular weight excluding hydrogens is 262 g/mol. The van der Waals surface area contributed by atoms with Crippen LogP contribution in [-0.2, 0) is 13.0 Å². The molecule has 0 unspecified atom stereocenters. The molecule has 0 atom stereocenters. The zero-order valence-corrected chi connectivity index (χ0v) is 12.2. The summed E-state index contributed by atoms with van der Waals surface area (Å²) in [6.45, 7) is 4.89. The Morgan fingerprint density at radius 1 is 1.37 bits per heavy atom. The van der Waals surface area contributed by atoms with Crippen molar-refractivity contribution in [3.05, 3.63) is 29.0 Å². The van der Waals surface area contributed by atoms with Crippen LogP contribution in [0.15, 0.2) is 18.2 Å². The average molecular weight is 280 g/mol. The average Bonchev–Trinajstić information content (AvgIpc) is 2.74. The highest BCUT2D eigenvalue weighted by atomic mass is 35.5. The summed E-state index contributed by atoms with van der Waals surface area (Å²) in [6, 6.07) is 5.52. The number of rotatable bonds is 4.